The predicted molar refractivity (Wildman–Crippen MR) is 119 cm³/mol. The zero-order chi connectivity index (χ0) is 18.8. The molecule has 148 valence electrons. The highest BCUT2D eigenvalue weighted by molar-refractivity contribution is 14.0. The van der Waals surface area contributed by atoms with Crippen molar-refractivity contribution in [3.63, 3.8) is 0 Å². The Balaban J connectivity index is 0.00000364. The average Bonchev–Trinajstić information content (AvgIpc) is 3.07. The monoisotopic (exact) mass is 484 g/mol. The number of nitrogens with one attached hydrogen (secondary N) is 3. The molecule has 1 heterocycles. The van der Waals surface area contributed by atoms with E-state index in [9.17, 15) is 4.79 Å². The molecule has 3 N–H and O–H groups in total. The third kappa shape index (κ3) is 7.58. The number of aryl methyl sites for hydroxylation is 1. The molecule has 0 aliphatic carbocycles. The molecule has 0 saturated heterocycles. The van der Waals surface area contributed by atoms with Crippen LogP contribution in [0.1, 0.15) is 41.4 Å². The van der Waals surface area contributed by atoms with Crippen molar-refractivity contribution in [2.75, 3.05) is 13.6 Å². The van der Waals surface area contributed by atoms with Crippen LogP contribution in [0.5, 0.6) is 0 Å². The molecule has 0 radical (unpaired) electrons. The number of benzene rings is 1. The molecule has 2 rings (SSSR count). The predicted octanol–water partition coefficient (Wildman–Crippen LogP) is 2.43. The molecule has 8 heteroatoms. The van der Waals surface area contributed by atoms with Gasteiger partial charge in [-0.3, -0.25) is 14.5 Å². The van der Waals surface area contributed by atoms with E-state index in [1.54, 1.807) is 13.2 Å². The first kappa shape index (κ1) is 22.9. The molecule has 2 aromatic rings. The van der Waals surface area contributed by atoms with Crippen molar-refractivity contribution < 1.29 is 4.79 Å². The van der Waals surface area contributed by atoms with Crippen molar-refractivity contribution in [2.45, 2.75) is 32.9 Å². The van der Waals surface area contributed by atoms with Crippen LogP contribution in [0.4, 0.5) is 0 Å². The van der Waals surface area contributed by atoms with Gasteiger partial charge in [0.1, 0.15) is 0 Å². The zero-order valence-corrected chi connectivity index (χ0v) is 18.5. The molecule has 0 spiro atoms. The van der Waals surface area contributed by atoms with E-state index < -0.39 is 0 Å². The molecule has 27 heavy (non-hydrogen) atoms. The summed E-state index contributed by atoms with van der Waals surface area (Å²) in [5.74, 6) is 0.694. The minimum absolute atomic E-state index is 0. The van der Waals surface area contributed by atoms with Crippen LogP contribution in [-0.2, 0) is 20.1 Å². The lowest BCUT2D eigenvalue weighted by atomic mass is 10.1. The second-order valence-corrected chi connectivity index (χ2v) is 6.03. The maximum Gasteiger partial charge on any atom is 0.251 e. The topological polar surface area (TPSA) is 83.3 Å². The number of aromatic nitrogens is 2. The van der Waals surface area contributed by atoms with Crippen LogP contribution < -0.4 is 16.0 Å². The lowest BCUT2D eigenvalue weighted by Crippen LogP contribution is -2.36. The van der Waals surface area contributed by atoms with Gasteiger partial charge in [0.25, 0.3) is 5.91 Å². The van der Waals surface area contributed by atoms with Gasteiger partial charge in [-0.25, -0.2) is 0 Å². The van der Waals surface area contributed by atoms with Gasteiger partial charge in [-0.05, 0) is 30.2 Å². The summed E-state index contributed by atoms with van der Waals surface area (Å²) >= 11 is 0. The van der Waals surface area contributed by atoms with Crippen molar-refractivity contribution in [1.82, 2.24) is 25.7 Å². The van der Waals surface area contributed by atoms with Gasteiger partial charge in [0.05, 0.1) is 12.2 Å². The summed E-state index contributed by atoms with van der Waals surface area (Å²) in [6.07, 6.45) is 3.84. The number of hydrogen-bond donors (Lipinski definition) is 3. The zero-order valence-electron chi connectivity index (χ0n) is 16.2. The van der Waals surface area contributed by atoms with Crippen molar-refractivity contribution in [1.29, 1.82) is 0 Å². The minimum Gasteiger partial charge on any atom is -0.352 e. The van der Waals surface area contributed by atoms with E-state index in [1.165, 1.54) is 0 Å². The van der Waals surface area contributed by atoms with Gasteiger partial charge >= 0.3 is 0 Å². The summed E-state index contributed by atoms with van der Waals surface area (Å²) < 4.78 is 1.82. The van der Waals surface area contributed by atoms with Crippen LogP contribution in [-0.4, -0.2) is 35.2 Å². The van der Waals surface area contributed by atoms with Crippen molar-refractivity contribution in [3.8, 4) is 0 Å². The average molecular weight is 484 g/mol. The molecule has 0 unspecified atom stereocenters. The number of rotatable bonds is 8. The molecule has 0 aliphatic heterocycles. The summed E-state index contributed by atoms with van der Waals surface area (Å²) in [5.41, 5.74) is 2.84. The molecule has 0 aliphatic rings. The number of carbonyl (C=O) groups excluding carboxylic acids is 1. The molecule has 7 nitrogen and oxygen atoms in total. The summed E-state index contributed by atoms with van der Waals surface area (Å²) in [6, 6.07) is 9.57. The van der Waals surface area contributed by atoms with Gasteiger partial charge in [0.15, 0.2) is 5.96 Å². The van der Waals surface area contributed by atoms with Crippen LogP contribution in [0.3, 0.4) is 0 Å². The fourth-order valence-corrected chi connectivity index (χ4v) is 2.41. The molecular weight excluding hydrogens is 455 g/mol. The van der Waals surface area contributed by atoms with E-state index in [1.807, 2.05) is 42.1 Å². The van der Waals surface area contributed by atoms with Gasteiger partial charge in [-0.2, -0.15) is 5.10 Å². The number of halogens is 1. The Kier molecular flexibility index (Phi) is 10.5. The summed E-state index contributed by atoms with van der Waals surface area (Å²) in [7, 11) is 3.65. The highest BCUT2D eigenvalue weighted by Crippen LogP contribution is 2.04. The number of amides is 1. The second kappa shape index (κ2) is 12.3. The number of guanidine groups is 1. The van der Waals surface area contributed by atoms with E-state index in [2.05, 4.69) is 33.0 Å². The quantitative estimate of drug-likeness (QED) is 0.233. The summed E-state index contributed by atoms with van der Waals surface area (Å²) in [4.78, 5) is 16.2. The lowest BCUT2D eigenvalue weighted by molar-refractivity contribution is 0.0953. The molecule has 1 amide bonds. The third-order valence-corrected chi connectivity index (χ3v) is 4.07. The van der Waals surface area contributed by atoms with Crippen molar-refractivity contribution >= 4 is 35.8 Å². The highest BCUT2D eigenvalue weighted by Gasteiger charge is 2.05. The molecular formula is C19H29IN6O. The maximum atomic E-state index is 12.0. The number of unbranched alkanes of at least 4 members (excludes halogenated alkanes) is 1. The van der Waals surface area contributed by atoms with Crippen LogP contribution in [0.25, 0.3) is 0 Å². The Labute approximate surface area is 178 Å². The van der Waals surface area contributed by atoms with Crippen LogP contribution in [0.2, 0.25) is 0 Å². The molecule has 1 aromatic carbocycles. The van der Waals surface area contributed by atoms with E-state index in [4.69, 9.17) is 0 Å². The highest BCUT2D eigenvalue weighted by atomic mass is 127. The number of hydrogen-bond acceptors (Lipinski definition) is 3. The Morgan fingerprint density at radius 3 is 2.41 bits per heavy atom. The van der Waals surface area contributed by atoms with Crippen LogP contribution in [0, 0.1) is 0 Å². The van der Waals surface area contributed by atoms with Gasteiger partial charge in [-0.15, -0.1) is 24.0 Å². The summed E-state index contributed by atoms with van der Waals surface area (Å²) in [6.45, 7) is 4.10. The third-order valence-electron chi connectivity index (χ3n) is 4.07. The fraction of sp³-hybridized carbons (Fsp3) is 0.421. The normalized spacial score (nSPS) is 10.9. The largest absolute Gasteiger partial charge is 0.352 e. The van der Waals surface area contributed by atoms with E-state index in [-0.39, 0.29) is 29.9 Å². The molecule has 1 aromatic heterocycles. The minimum atomic E-state index is -0.0217. The van der Waals surface area contributed by atoms with Gasteiger partial charge < -0.3 is 16.0 Å². The van der Waals surface area contributed by atoms with Gasteiger partial charge in [-0.1, -0.05) is 25.5 Å². The maximum absolute atomic E-state index is 12.0. The summed E-state index contributed by atoms with van der Waals surface area (Å²) in [5, 5.41) is 13.6. The van der Waals surface area contributed by atoms with Crippen LogP contribution >= 0.6 is 24.0 Å². The van der Waals surface area contributed by atoms with Crippen molar-refractivity contribution in [2.24, 2.45) is 12.0 Å². The van der Waals surface area contributed by atoms with Gasteiger partial charge in [0, 0.05) is 38.9 Å². The molecule has 0 fully saturated rings. The Hall–Kier alpha value is -2.10. The van der Waals surface area contributed by atoms with E-state index in [0.29, 0.717) is 24.6 Å². The first-order chi connectivity index (χ1) is 12.6. The Bertz CT molecular complexity index is 726. The van der Waals surface area contributed by atoms with E-state index >= 15 is 0 Å². The smallest absolute Gasteiger partial charge is 0.251 e. The first-order valence-corrected chi connectivity index (χ1v) is 8.92. The number of carbonyl (C=O) groups is 1. The van der Waals surface area contributed by atoms with Crippen molar-refractivity contribution in [3.05, 3.63) is 53.3 Å². The van der Waals surface area contributed by atoms with Crippen LogP contribution in [0.15, 0.2) is 41.5 Å². The van der Waals surface area contributed by atoms with Gasteiger partial charge in [0.2, 0.25) is 0 Å². The molecule has 0 bridgehead atoms. The molecule has 0 atom stereocenters. The Morgan fingerprint density at radius 2 is 1.81 bits per heavy atom. The SMILES string of the molecule is CCCCNC(=O)c1ccc(CNC(=NC)NCc2ccnn2C)cc1.I. The second-order valence-electron chi connectivity index (χ2n) is 6.03. The number of aliphatic imine (C=N–C) groups is 1. The molecule has 0 saturated carbocycles. The number of nitrogens with zero attached hydrogens (tertiary/aromatic N) is 3. The Morgan fingerprint density at radius 1 is 1.11 bits per heavy atom. The fourth-order valence-electron chi connectivity index (χ4n) is 2.41. The lowest BCUT2D eigenvalue weighted by Gasteiger charge is -2.12. The standard InChI is InChI=1S/C19H28N6O.HI/c1-4-5-11-21-18(26)16-8-6-15(7-9-16)13-22-19(20-2)23-14-17-10-12-24-25(17)3;/h6-10,12H,4-5,11,13-14H2,1-3H3,(H,21,26)(H2,20,22,23);1H. The van der Waals surface area contributed by atoms with E-state index in [0.717, 1.165) is 30.6 Å². The first-order valence-electron chi connectivity index (χ1n) is 8.92.